The van der Waals surface area contributed by atoms with Gasteiger partial charge in [0.15, 0.2) is 0 Å². The van der Waals surface area contributed by atoms with Crippen molar-refractivity contribution in [2.24, 2.45) is 0 Å². The summed E-state index contributed by atoms with van der Waals surface area (Å²) >= 11 is 0. The minimum Gasteiger partial charge on any atom is -0.439 e. The summed E-state index contributed by atoms with van der Waals surface area (Å²) < 4.78 is 5.85. The first-order valence-corrected chi connectivity index (χ1v) is 7.33. The van der Waals surface area contributed by atoms with Crippen molar-refractivity contribution in [1.29, 1.82) is 5.26 Å². The van der Waals surface area contributed by atoms with Gasteiger partial charge < -0.3 is 9.32 Å². The molecule has 1 aliphatic rings. The average Bonchev–Trinajstić information content (AvgIpc) is 3.06. The first-order valence-electron chi connectivity index (χ1n) is 7.33. The zero-order chi connectivity index (χ0) is 15.6. The Morgan fingerprint density at radius 3 is 3.04 bits per heavy atom. The molecule has 6 heteroatoms. The first-order chi connectivity index (χ1) is 11.3. The van der Waals surface area contributed by atoms with Gasteiger partial charge in [-0.15, -0.1) is 0 Å². The second-order valence-corrected chi connectivity index (χ2v) is 5.32. The Morgan fingerprint density at radius 2 is 2.22 bits per heavy atom. The topological polar surface area (TPSA) is 78.8 Å². The summed E-state index contributed by atoms with van der Waals surface area (Å²) in [6, 6.07) is 9.63. The fourth-order valence-electron chi connectivity index (χ4n) is 2.68. The van der Waals surface area contributed by atoms with Crippen molar-refractivity contribution >= 4 is 5.69 Å². The second kappa shape index (κ2) is 5.54. The van der Waals surface area contributed by atoms with Gasteiger partial charge in [0.1, 0.15) is 23.2 Å². The SMILES string of the molecule is N#Cc1cncc(N2CCc3oc(-c4ccccn4)nc3C2)c1. The molecule has 3 aromatic rings. The van der Waals surface area contributed by atoms with Crippen LogP contribution < -0.4 is 4.90 Å². The van der Waals surface area contributed by atoms with Gasteiger partial charge in [0, 0.05) is 25.4 Å². The van der Waals surface area contributed by atoms with Gasteiger partial charge in [-0.05, 0) is 18.2 Å². The maximum atomic E-state index is 9.00. The maximum Gasteiger partial charge on any atom is 0.245 e. The highest BCUT2D eigenvalue weighted by molar-refractivity contribution is 5.52. The predicted molar refractivity (Wildman–Crippen MR) is 83.4 cm³/mol. The summed E-state index contributed by atoms with van der Waals surface area (Å²) in [6.07, 6.45) is 5.83. The van der Waals surface area contributed by atoms with E-state index in [1.54, 1.807) is 18.6 Å². The third kappa shape index (κ3) is 2.53. The molecular formula is C17H13N5O. The van der Waals surface area contributed by atoms with Crippen molar-refractivity contribution in [1.82, 2.24) is 15.0 Å². The van der Waals surface area contributed by atoms with E-state index in [4.69, 9.17) is 9.68 Å². The van der Waals surface area contributed by atoms with Crippen molar-refractivity contribution in [2.45, 2.75) is 13.0 Å². The molecule has 0 N–H and O–H groups in total. The number of nitrogens with zero attached hydrogens (tertiary/aromatic N) is 5. The van der Waals surface area contributed by atoms with E-state index in [0.717, 1.165) is 35.8 Å². The summed E-state index contributed by atoms with van der Waals surface area (Å²) in [7, 11) is 0. The largest absolute Gasteiger partial charge is 0.439 e. The smallest absolute Gasteiger partial charge is 0.245 e. The van der Waals surface area contributed by atoms with Crippen LogP contribution in [0.4, 0.5) is 5.69 Å². The third-order valence-electron chi connectivity index (χ3n) is 3.83. The highest BCUT2D eigenvalue weighted by Gasteiger charge is 2.23. The number of aromatic nitrogens is 3. The minimum atomic E-state index is 0.557. The van der Waals surface area contributed by atoms with Crippen molar-refractivity contribution in [3.63, 3.8) is 0 Å². The zero-order valence-corrected chi connectivity index (χ0v) is 12.3. The highest BCUT2D eigenvalue weighted by Crippen LogP contribution is 2.27. The summed E-state index contributed by atoms with van der Waals surface area (Å²) in [4.78, 5) is 15.1. The molecular weight excluding hydrogens is 290 g/mol. The van der Waals surface area contributed by atoms with E-state index in [2.05, 4.69) is 25.9 Å². The Labute approximate surface area is 133 Å². The Balaban J connectivity index is 1.62. The first kappa shape index (κ1) is 13.5. The van der Waals surface area contributed by atoms with Crippen LogP contribution in [0.15, 0.2) is 47.3 Å². The molecule has 112 valence electrons. The number of fused-ring (bicyclic) bond motifs is 1. The lowest BCUT2D eigenvalue weighted by Gasteiger charge is -2.27. The lowest BCUT2D eigenvalue weighted by atomic mass is 10.1. The molecule has 0 radical (unpaired) electrons. The van der Waals surface area contributed by atoms with E-state index < -0.39 is 0 Å². The van der Waals surface area contributed by atoms with Crippen LogP contribution in [0.5, 0.6) is 0 Å². The standard InChI is InChI=1S/C17H13N5O/c18-8-12-7-13(10-19-9-12)22-6-4-16-15(11-22)21-17(23-16)14-3-1-2-5-20-14/h1-3,5,7,9-10H,4,6,11H2. The highest BCUT2D eigenvalue weighted by atomic mass is 16.4. The second-order valence-electron chi connectivity index (χ2n) is 5.32. The number of rotatable bonds is 2. The molecule has 0 unspecified atom stereocenters. The van der Waals surface area contributed by atoms with Gasteiger partial charge in [-0.25, -0.2) is 4.98 Å². The molecule has 4 heterocycles. The molecule has 1 aliphatic heterocycles. The Hall–Kier alpha value is -3.20. The van der Waals surface area contributed by atoms with Crippen LogP contribution in [-0.2, 0) is 13.0 Å². The van der Waals surface area contributed by atoms with Crippen LogP contribution in [0.2, 0.25) is 0 Å². The molecule has 3 aromatic heterocycles. The maximum absolute atomic E-state index is 9.00. The van der Waals surface area contributed by atoms with Gasteiger partial charge in [0.25, 0.3) is 0 Å². The molecule has 0 aliphatic carbocycles. The quantitative estimate of drug-likeness (QED) is 0.724. The summed E-state index contributed by atoms with van der Waals surface area (Å²) in [5.41, 5.74) is 3.14. The van der Waals surface area contributed by atoms with E-state index >= 15 is 0 Å². The summed E-state index contributed by atoms with van der Waals surface area (Å²) in [5, 5.41) is 9.00. The van der Waals surface area contributed by atoms with Gasteiger partial charge in [0.05, 0.1) is 24.0 Å². The van der Waals surface area contributed by atoms with E-state index in [-0.39, 0.29) is 0 Å². The van der Waals surface area contributed by atoms with E-state index in [1.165, 1.54) is 0 Å². The molecule has 0 aromatic carbocycles. The molecule has 0 bridgehead atoms. The van der Waals surface area contributed by atoms with E-state index in [1.807, 2.05) is 24.3 Å². The lowest BCUT2D eigenvalue weighted by Crippen LogP contribution is -2.30. The van der Waals surface area contributed by atoms with Crippen LogP contribution in [0.25, 0.3) is 11.6 Å². The molecule has 23 heavy (non-hydrogen) atoms. The molecule has 4 rings (SSSR count). The van der Waals surface area contributed by atoms with E-state index in [9.17, 15) is 0 Å². The van der Waals surface area contributed by atoms with Crippen molar-refractivity contribution < 1.29 is 4.42 Å². The lowest BCUT2D eigenvalue weighted by molar-refractivity contribution is 0.498. The number of anilines is 1. The van der Waals surface area contributed by atoms with Crippen LogP contribution in [0.1, 0.15) is 17.0 Å². The van der Waals surface area contributed by atoms with Gasteiger partial charge in [-0.2, -0.15) is 5.26 Å². The Bertz CT molecular complexity index is 881. The van der Waals surface area contributed by atoms with Gasteiger partial charge in [0.2, 0.25) is 5.89 Å². The molecule has 0 amide bonds. The van der Waals surface area contributed by atoms with Gasteiger partial charge in [-0.3, -0.25) is 9.97 Å². The fraction of sp³-hybridized carbons (Fsp3) is 0.176. The Morgan fingerprint density at radius 1 is 1.26 bits per heavy atom. The number of hydrogen-bond acceptors (Lipinski definition) is 6. The zero-order valence-electron chi connectivity index (χ0n) is 12.3. The Kier molecular flexibility index (Phi) is 3.24. The monoisotopic (exact) mass is 303 g/mol. The van der Waals surface area contributed by atoms with Crippen molar-refractivity contribution in [3.8, 4) is 17.7 Å². The minimum absolute atomic E-state index is 0.557. The molecule has 0 saturated carbocycles. The normalized spacial score (nSPS) is 13.4. The third-order valence-corrected chi connectivity index (χ3v) is 3.83. The average molecular weight is 303 g/mol. The van der Waals surface area contributed by atoms with E-state index in [0.29, 0.717) is 18.0 Å². The number of oxazole rings is 1. The van der Waals surface area contributed by atoms with Crippen LogP contribution in [0.3, 0.4) is 0 Å². The number of pyridine rings is 2. The molecule has 0 fully saturated rings. The van der Waals surface area contributed by atoms with Crippen LogP contribution >= 0.6 is 0 Å². The number of hydrogen-bond donors (Lipinski definition) is 0. The van der Waals surface area contributed by atoms with Crippen molar-refractivity contribution in [2.75, 3.05) is 11.4 Å². The van der Waals surface area contributed by atoms with Gasteiger partial charge >= 0.3 is 0 Å². The van der Waals surface area contributed by atoms with Crippen LogP contribution in [-0.4, -0.2) is 21.5 Å². The summed E-state index contributed by atoms with van der Waals surface area (Å²) in [6.45, 7) is 1.45. The molecule has 0 atom stereocenters. The summed E-state index contributed by atoms with van der Waals surface area (Å²) in [5.74, 6) is 1.47. The number of nitriles is 1. The van der Waals surface area contributed by atoms with Gasteiger partial charge in [-0.1, -0.05) is 6.07 Å². The predicted octanol–water partition coefficient (Wildman–Crippen LogP) is 2.57. The van der Waals surface area contributed by atoms with Crippen molar-refractivity contribution in [3.05, 3.63) is 59.9 Å². The van der Waals surface area contributed by atoms with Crippen LogP contribution in [0, 0.1) is 11.3 Å². The molecule has 0 saturated heterocycles. The fourth-order valence-corrected chi connectivity index (χ4v) is 2.68. The molecule has 6 nitrogen and oxygen atoms in total. The molecule has 0 spiro atoms.